The maximum Gasteiger partial charge on any atom is 0.269 e. The van der Waals surface area contributed by atoms with E-state index in [1.165, 1.54) is 12.1 Å². The first-order valence-electron chi connectivity index (χ1n) is 8.02. The van der Waals surface area contributed by atoms with Crippen molar-refractivity contribution >= 4 is 23.2 Å². The molecule has 0 fully saturated rings. The molecule has 26 heavy (non-hydrogen) atoms. The standard InChI is InChI=1S/C20H14N4O2/c25-24(26)18-10-4-15(5-11-18)13-21-17-8-6-16(7-9-17)19-14-23-12-2-1-3-20(23)22-19/h1-14H. The Balaban J connectivity index is 1.52. The van der Waals surface area contributed by atoms with Crippen LogP contribution in [0.3, 0.4) is 0 Å². The Morgan fingerprint density at radius 3 is 2.46 bits per heavy atom. The highest BCUT2D eigenvalue weighted by atomic mass is 16.6. The van der Waals surface area contributed by atoms with E-state index in [0.717, 1.165) is 28.2 Å². The van der Waals surface area contributed by atoms with Gasteiger partial charge in [-0.05, 0) is 42.0 Å². The van der Waals surface area contributed by atoms with Crippen LogP contribution in [0.4, 0.5) is 11.4 Å². The molecular formula is C20H14N4O2. The van der Waals surface area contributed by atoms with Gasteiger partial charge in [-0.2, -0.15) is 0 Å². The Kier molecular flexibility index (Phi) is 3.99. The lowest BCUT2D eigenvalue weighted by molar-refractivity contribution is -0.384. The number of rotatable bonds is 4. The van der Waals surface area contributed by atoms with Gasteiger partial charge in [0.25, 0.3) is 5.69 Å². The largest absolute Gasteiger partial charge is 0.306 e. The number of fused-ring (bicyclic) bond motifs is 1. The molecule has 0 radical (unpaired) electrons. The van der Waals surface area contributed by atoms with Crippen molar-refractivity contribution in [2.24, 2.45) is 4.99 Å². The molecule has 2 heterocycles. The number of hydrogen-bond acceptors (Lipinski definition) is 4. The van der Waals surface area contributed by atoms with Crippen LogP contribution in [-0.2, 0) is 0 Å². The Labute approximate surface area is 149 Å². The van der Waals surface area contributed by atoms with Crippen molar-refractivity contribution in [1.29, 1.82) is 0 Å². The average molecular weight is 342 g/mol. The van der Waals surface area contributed by atoms with E-state index < -0.39 is 4.92 Å². The second-order valence-corrected chi connectivity index (χ2v) is 5.75. The number of non-ortho nitro benzene ring substituents is 1. The van der Waals surface area contributed by atoms with Crippen molar-refractivity contribution in [3.8, 4) is 11.3 Å². The van der Waals surface area contributed by atoms with E-state index in [0.29, 0.717) is 0 Å². The molecule has 0 spiro atoms. The van der Waals surface area contributed by atoms with Crippen molar-refractivity contribution < 1.29 is 4.92 Å². The first-order chi connectivity index (χ1) is 12.7. The Morgan fingerprint density at radius 1 is 1.00 bits per heavy atom. The number of benzene rings is 2. The molecule has 4 rings (SSSR count). The molecule has 4 aromatic rings. The first kappa shape index (κ1) is 15.7. The van der Waals surface area contributed by atoms with Crippen molar-refractivity contribution in [2.45, 2.75) is 0 Å². The minimum absolute atomic E-state index is 0.0685. The molecule has 0 unspecified atom stereocenters. The fraction of sp³-hybridized carbons (Fsp3) is 0. The Bertz CT molecular complexity index is 1060. The van der Waals surface area contributed by atoms with Gasteiger partial charge in [-0.1, -0.05) is 18.2 Å². The van der Waals surface area contributed by atoms with E-state index in [9.17, 15) is 10.1 Å². The van der Waals surface area contributed by atoms with E-state index in [1.54, 1.807) is 18.3 Å². The number of pyridine rings is 1. The zero-order valence-corrected chi connectivity index (χ0v) is 13.7. The van der Waals surface area contributed by atoms with Gasteiger partial charge in [0.15, 0.2) is 0 Å². The molecule has 2 aromatic heterocycles. The second-order valence-electron chi connectivity index (χ2n) is 5.75. The molecule has 6 nitrogen and oxygen atoms in total. The van der Waals surface area contributed by atoms with Crippen LogP contribution < -0.4 is 0 Å². The summed E-state index contributed by atoms with van der Waals surface area (Å²) in [6.07, 6.45) is 5.64. The molecular weight excluding hydrogens is 328 g/mol. The normalized spacial score (nSPS) is 11.2. The molecule has 0 saturated heterocycles. The molecule has 0 aliphatic rings. The third kappa shape index (κ3) is 3.21. The molecule has 2 aromatic carbocycles. The molecule has 0 amide bonds. The zero-order chi connectivity index (χ0) is 17.9. The minimum atomic E-state index is -0.418. The summed E-state index contributed by atoms with van der Waals surface area (Å²) in [5.74, 6) is 0. The van der Waals surface area contributed by atoms with Crippen molar-refractivity contribution in [3.63, 3.8) is 0 Å². The smallest absolute Gasteiger partial charge is 0.269 e. The summed E-state index contributed by atoms with van der Waals surface area (Å²) in [6.45, 7) is 0. The maximum atomic E-state index is 10.7. The molecule has 0 saturated carbocycles. The zero-order valence-electron chi connectivity index (χ0n) is 13.7. The van der Waals surface area contributed by atoms with Gasteiger partial charge < -0.3 is 4.40 Å². The van der Waals surface area contributed by atoms with Crippen LogP contribution in [0.2, 0.25) is 0 Å². The van der Waals surface area contributed by atoms with Gasteiger partial charge in [-0.3, -0.25) is 15.1 Å². The average Bonchev–Trinajstić information content (AvgIpc) is 3.11. The predicted octanol–water partition coefficient (Wildman–Crippen LogP) is 4.66. The van der Waals surface area contributed by atoms with Gasteiger partial charge in [0, 0.05) is 36.3 Å². The van der Waals surface area contributed by atoms with Crippen LogP contribution in [-0.4, -0.2) is 20.5 Å². The molecule has 0 aliphatic carbocycles. The first-order valence-corrected chi connectivity index (χ1v) is 8.02. The van der Waals surface area contributed by atoms with Gasteiger partial charge in [0.1, 0.15) is 5.65 Å². The predicted molar refractivity (Wildman–Crippen MR) is 101 cm³/mol. The van der Waals surface area contributed by atoms with Crippen LogP contribution in [0.25, 0.3) is 16.9 Å². The third-order valence-corrected chi connectivity index (χ3v) is 3.99. The number of nitro groups is 1. The van der Waals surface area contributed by atoms with E-state index in [4.69, 9.17) is 0 Å². The molecule has 0 atom stereocenters. The second kappa shape index (κ2) is 6.60. The molecule has 0 bridgehead atoms. The lowest BCUT2D eigenvalue weighted by atomic mass is 10.1. The summed E-state index contributed by atoms with van der Waals surface area (Å²) < 4.78 is 1.98. The number of imidazole rings is 1. The summed E-state index contributed by atoms with van der Waals surface area (Å²) in [5, 5.41) is 10.7. The van der Waals surface area contributed by atoms with Gasteiger partial charge in [-0.15, -0.1) is 0 Å². The van der Waals surface area contributed by atoms with Crippen LogP contribution in [0.15, 0.2) is 84.1 Å². The van der Waals surface area contributed by atoms with Gasteiger partial charge in [0.05, 0.1) is 16.3 Å². The van der Waals surface area contributed by atoms with Crippen molar-refractivity contribution in [2.75, 3.05) is 0 Å². The Morgan fingerprint density at radius 2 is 1.77 bits per heavy atom. The highest BCUT2D eigenvalue weighted by molar-refractivity contribution is 5.82. The van der Waals surface area contributed by atoms with Crippen LogP contribution >= 0.6 is 0 Å². The molecule has 126 valence electrons. The summed E-state index contributed by atoms with van der Waals surface area (Å²) in [4.78, 5) is 19.3. The molecule has 6 heteroatoms. The van der Waals surface area contributed by atoms with Crippen LogP contribution in [0, 0.1) is 10.1 Å². The summed E-state index contributed by atoms with van der Waals surface area (Å²) in [5.41, 5.74) is 4.50. The summed E-state index contributed by atoms with van der Waals surface area (Å²) in [7, 11) is 0. The van der Waals surface area contributed by atoms with E-state index in [-0.39, 0.29) is 5.69 Å². The van der Waals surface area contributed by atoms with Gasteiger partial charge >= 0.3 is 0 Å². The number of nitrogens with zero attached hydrogens (tertiary/aromatic N) is 4. The third-order valence-electron chi connectivity index (χ3n) is 3.99. The Hall–Kier alpha value is -3.80. The van der Waals surface area contributed by atoms with Crippen molar-refractivity contribution in [3.05, 3.63) is 94.8 Å². The molecule has 0 N–H and O–H groups in total. The van der Waals surface area contributed by atoms with E-state index in [2.05, 4.69) is 9.98 Å². The van der Waals surface area contributed by atoms with Crippen LogP contribution in [0.1, 0.15) is 5.56 Å². The molecule has 0 aliphatic heterocycles. The fourth-order valence-corrected chi connectivity index (χ4v) is 2.62. The van der Waals surface area contributed by atoms with Gasteiger partial charge in [-0.25, -0.2) is 4.98 Å². The van der Waals surface area contributed by atoms with Crippen molar-refractivity contribution in [1.82, 2.24) is 9.38 Å². The minimum Gasteiger partial charge on any atom is -0.306 e. The van der Waals surface area contributed by atoms with Crippen LogP contribution in [0.5, 0.6) is 0 Å². The number of nitro benzene ring substituents is 1. The lowest BCUT2D eigenvalue weighted by Crippen LogP contribution is -1.88. The topological polar surface area (TPSA) is 72.8 Å². The maximum absolute atomic E-state index is 10.7. The lowest BCUT2D eigenvalue weighted by Gasteiger charge is -1.98. The van der Waals surface area contributed by atoms with E-state index in [1.807, 2.05) is 59.3 Å². The monoisotopic (exact) mass is 342 g/mol. The summed E-state index contributed by atoms with van der Waals surface area (Å²) in [6, 6.07) is 20.0. The number of hydrogen-bond donors (Lipinski definition) is 0. The highest BCUT2D eigenvalue weighted by Crippen LogP contribution is 2.22. The van der Waals surface area contributed by atoms with E-state index >= 15 is 0 Å². The van der Waals surface area contributed by atoms with Gasteiger partial charge in [0.2, 0.25) is 0 Å². The number of aliphatic imine (C=N–C) groups is 1. The SMILES string of the molecule is O=[N+]([O-])c1ccc(C=Nc2ccc(-c3cn4ccccc4n3)cc2)cc1. The highest BCUT2D eigenvalue weighted by Gasteiger charge is 2.04. The number of aromatic nitrogens is 2. The fourth-order valence-electron chi connectivity index (χ4n) is 2.62. The quantitative estimate of drug-likeness (QED) is 0.307. The summed E-state index contributed by atoms with van der Waals surface area (Å²) >= 11 is 0.